The Labute approximate surface area is 178 Å². The minimum absolute atomic E-state index is 0.00277. The molecule has 2 N–H and O–H groups in total. The van der Waals surface area contributed by atoms with Gasteiger partial charge in [-0.2, -0.15) is 0 Å². The second-order valence-electron chi connectivity index (χ2n) is 7.86. The van der Waals surface area contributed by atoms with Crippen molar-refractivity contribution in [1.82, 2.24) is 9.62 Å². The van der Waals surface area contributed by atoms with Crippen molar-refractivity contribution in [2.24, 2.45) is 0 Å². The number of β-amino-alcohol motifs (C(OH)–C–C–N with tert-alkyl or cyclic N) is 1. The van der Waals surface area contributed by atoms with E-state index in [1.54, 1.807) is 36.4 Å². The largest absolute Gasteiger partial charge is 0.390 e. The minimum atomic E-state index is -3.68. The molecular formula is C22H29ClN2O3S. The molecule has 0 bridgehead atoms. The van der Waals surface area contributed by atoms with E-state index < -0.39 is 16.1 Å². The van der Waals surface area contributed by atoms with E-state index in [1.165, 1.54) is 6.42 Å². The molecule has 0 amide bonds. The second kappa shape index (κ2) is 9.58. The van der Waals surface area contributed by atoms with E-state index in [1.807, 2.05) is 12.1 Å². The number of halogens is 1. The van der Waals surface area contributed by atoms with Gasteiger partial charge in [-0.3, -0.25) is 4.90 Å². The molecule has 3 rings (SSSR count). The van der Waals surface area contributed by atoms with Gasteiger partial charge in [-0.15, -0.1) is 0 Å². The first-order valence-electron chi connectivity index (χ1n) is 10.1. The summed E-state index contributed by atoms with van der Waals surface area (Å²) < 4.78 is 27.7. The van der Waals surface area contributed by atoms with Crippen LogP contribution in [0.15, 0.2) is 53.4 Å². The summed E-state index contributed by atoms with van der Waals surface area (Å²) in [5, 5.41) is 11.0. The lowest BCUT2D eigenvalue weighted by Crippen LogP contribution is -2.49. The number of aliphatic hydroxyl groups is 1. The fourth-order valence-electron chi connectivity index (χ4n) is 3.90. The maximum Gasteiger partial charge on any atom is 0.240 e. The van der Waals surface area contributed by atoms with Crippen molar-refractivity contribution in [3.63, 3.8) is 0 Å². The van der Waals surface area contributed by atoms with Crippen LogP contribution in [0, 0.1) is 0 Å². The first kappa shape index (κ1) is 22.2. The Morgan fingerprint density at radius 1 is 1.03 bits per heavy atom. The lowest BCUT2D eigenvalue weighted by atomic mass is 9.97. The van der Waals surface area contributed by atoms with Gasteiger partial charge in [0.15, 0.2) is 0 Å². The number of piperidine rings is 1. The zero-order valence-corrected chi connectivity index (χ0v) is 18.5. The fraction of sp³-hybridized carbons (Fsp3) is 0.455. The summed E-state index contributed by atoms with van der Waals surface area (Å²) in [4.78, 5) is 2.45. The number of aliphatic hydroxyl groups excluding tert-OH is 1. The number of hydrogen-bond donors (Lipinski definition) is 2. The summed E-state index contributed by atoms with van der Waals surface area (Å²) in [5.74, 6) is 0. The van der Waals surface area contributed by atoms with Crippen molar-refractivity contribution in [3.8, 4) is 11.1 Å². The Kier molecular flexibility index (Phi) is 7.35. The van der Waals surface area contributed by atoms with E-state index in [4.69, 9.17) is 11.6 Å². The maximum atomic E-state index is 12.6. The number of benzene rings is 2. The highest BCUT2D eigenvalue weighted by molar-refractivity contribution is 7.89. The normalized spacial score (nSPS) is 21.8. The zero-order valence-electron chi connectivity index (χ0n) is 16.9. The fourth-order valence-corrected chi connectivity index (χ4v) is 5.10. The van der Waals surface area contributed by atoms with Crippen molar-refractivity contribution in [1.29, 1.82) is 0 Å². The van der Waals surface area contributed by atoms with Gasteiger partial charge in [-0.25, -0.2) is 13.1 Å². The van der Waals surface area contributed by atoms with Gasteiger partial charge >= 0.3 is 0 Å². The summed E-state index contributed by atoms with van der Waals surface area (Å²) in [6, 6.07) is 14.9. The van der Waals surface area contributed by atoms with Gasteiger partial charge in [-0.1, -0.05) is 42.3 Å². The molecule has 29 heavy (non-hydrogen) atoms. The molecule has 0 spiro atoms. The topological polar surface area (TPSA) is 69.6 Å². The van der Waals surface area contributed by atoms with E-state index in [0.29, 0.717) is 23.7 Å². The van der Waals surface area contributed by atoms with Crippen molar-refractivity contribution < 1.29 is 13.5 Å². The molecular weight excluding hydrogens is 408 g/mol. The number of likely N-dealkylation sites (tertiary alicyclic amines) is 1. The Morgan fingerprint density at radius 2 is 1.55 bits per heavy atom. The van der Waals surface area contributed by atoms with Crippen LogP contribution < -0.4 is 4.72 Å². The van der Waals surface area contributed by atoms with Gasteiger partial charge in [0.05, 0.1) is 11.0 Å². The summed E-state index contributed by atoms with van der Waals surface area (Å²) >= 11 is 5.91. The summed E-state index contributed by atoms with van der Waals surface area (Å²) in [5.41, 5.74) is 1.88. The Balaban J connectivity index is 1.59. The molecule has 7 heteroatoms. The van der Waals surface area contributed by atoms with E-state index in [2.05, 4.69) is 23.5 Å². The molecule has 1 saturated heterocycles. The number of nitrogens with zero attached hydrogens (tertiary/aromatic N) is 1. The molecule has 3 atom stereocenters. The highest BCUT2D eigenvalue weighted by Gasteiger charge is 2.27. The number of nitrogens with one attached hydrogen (secondary N) is 1. The first-order chi connectivity index (χ1) is 13.8. The van der Waals surface area contributed by atoms with Gasteiger partial charge in [0.25, 0.3) is 0 Å². The van der Waals surface area contributed by atoms with Crippen LogP contribution in [0.2, 0.25) is 5.02 Å². The zero-order chi connectivity index (χ0) is 21.0. The van der Waals surface area contributed by atoms with Crippen LogP contribution in [0.25, 0.3) is 11.1 Å². The smallest absolute Gasteiger partial charge is 0.240 e. The predicted octanol–water partition coefficient (Wildman–Crippen LogP) is 3.91. The van der Waals surface area contributed by atoms with Gasteiger partial charge in [0.1, 0.15) is 0 Å². The second-order valence-corrected chi connectivity index (χ2v) is 10.1. The van der Waals surface area contributed by atoms with Crippen LogP contribution >= 0.6 is 11.6 Å². The lowest BCUT2D eigenvalue weighted by molar-refractivity contribution is 0.0438. The standard InChI is InChI=1S/C22H29ClN2O3S/c1-16-4-3-5-17(2)25(16)15-21(26)14-24-29(27,28)22-12-8-19(9-13-22)18-6-10-20(23)11-7-18/h6-13,16-17,21,24,26H,3-5,14-15H2,1-2H3/t16-,17+,21-/m0/s1. The van der Waals surface area contributed by atoms with Crippen LogP contribution in [0.5, 0.6) is 0 Å². The number of rotatable bonds is 7. The Hall–Kier alpha value is -1.44. The third-order valence-electron chi connectivity index (χ3n) is 5.65. The van der Waals surface area contributed by atoms with Crippen LogP contribution in [0.3, 0.4) is 0 Å². The average molecular weight is 437 g/mol. The molecule has 1 aliphatic heterocycles. The number of hydrogen-bond acceptors (Lipinski definition) is 4. The van der Waals surface area contributed by atoms with Gasteiger partial charge in [0.2, 0.25) is 10.0 Å². The van der Waals surface area contributed by atoms with Gasteiger partial charge in [-0.05, 0) is 62.1 Å². The molecule has 0 radical (unpaired) electrons. The molecule has 2 aromatic carbocycles. The lowest BCUT2D eigenvalue weighted by Gasteiger charge is -2.40. The molecule has 1 heterocycles. The molecule has 0 unspecified atom stereocenters. The van der Waals surface area contributed by atoms with Gasteiger partial charge < -0.3 is 5.11 Å². The third-order valence-corrected chi connectivity index (χ3v) is 7.34. The van der Waals surface area contributed by atoms with Crippen molar-refractivity contribution in [2.45, 2.75) is 56.2 Å². The predicted molar refractivity (Wildman–Crippen MR) is 118 cm³/mol. The summed E-state index contributed by atoms with van der Waals surface area (Å²) in [6.07, 6.45) is 2.68. The van der Waals surface area contributed by atoms with Crippen LogP contribution in [0.1, 0.15) is 33.1 Å². The van der Waals surface area contributed by atoms with E-state index >= 15 is 0 Å². The molecule has 5 nitrogen and oxygen atoms in total. The number of sulfonamides is 1. The molecule has 1 aliphatic rings. The van der Waals surface area contributed by atoms with Crippen molar-refractivity contribution >= 4 is 21.6 Å². The maximum absolute atomic E-state index is 12.6. The molecule has 2 aromatic rings. The SMILES string of the molecule is C[C@@H]1CCC[C@H](C)N1C[C@@H](O)CNS(=O)(=O)c1ccc(-c2ccc(Cl)cc2)cc1. The third kappa shape index (κ3) is 5.80. The van der Waals surface area contributed by atoms with Gasteiger partial charge in [0, 0.05) is 30.2 Å². The summed E-state index contributed by atoms with van der Waals surface area (Å²) in [7, 11) is -3.68. The van der Waals surface area contributed by atoms with Crippen LogP contribution in [0.4, 0.5) is 0 Å². The summed E-state index contributed by atoms with van der Waals surface area (Å²) in [6.45, 7) is 4.79. The Bertz CT molecular complexity index is 891. The molecule has 158 valence electrons. The van der Waals surface area contributed by atoms with Crippen molar-refractivity contribution in [2.75, 3.05) is 13.1 Å². The monoisotopic (exact) mass is 436 g/mol. The first-order valence-corrected chi connectivity index (χ1v) is 11.9. The minimum Gasteiger partial charge on any atom is -0.390 e. The van der Waals surface area contributed by atoms with E-state index in [0.717, 1.165) is 24.0 Å². The van der Waals surface area contributed by atoms with Crippen LogP contribution in [-0.4, -0.2) is 49.7 Å². The molecule has 0 aromatic heterocycles. The highest BCUT2D eigenvalue weighted by atomic mass is 35.5. The average Bonchev–Trinajstić information content (AvgIpc) is 2.70. The molecule has 0 saturated carbocycles. The van der Waals surface area contributed by atoms with E-state index in [9.17, 15) is 13.5 Å². The molecule has 0 aliphatic carbocycles. The highest BCUT2D eigenvalue weighted by Crippen LogP contribution is 2.24. The van der Waals surface area contributed by atoms with Crippen LogP contribution in [-0.2, 0) is 10.0 Å². The van der Waals surface area contributed by atoms with E-state index in [-0.39, 0.29) is 11.4 Å². The molecule has 1 fully saturated rings. The Morgan fingerprint density at radius 3 is 2.10 bits per heavy atom. The quantitative estimate of drug-likeness (QED) is 0.690. The van der Waals surface area contributed by atoms with Crippen molar-refractivity contribution in [3.05, 3.63) is 53.6 Å².